The maximum Gasteiger partial charge on any atom is 0.143 e. The summed E-state index contributed by atoms with van der Waals surface area (Å²) in [6.45, 7) is -0.416. The summed E-state index contributed by atoms with van der Waals surface area (Å²) in [4.78, 5) is 0. The number of hydrogen-bond acceptors (Lipinski definition) is 6. The zero-order valence-corrected chi connectivity index (χ0v) is 27.6. The van der Waals surface area contributed by atoms with Crippen LogP contribution in [0.2, 0.25) is 0 Å². The summed E-state index contributed by atoms with van der Waals surface area (Å²) in [5.41, 5.74) is 1.88. The largest absolute Gasteiger partial charge is 0.389 e. The van der Waals surface area contributed by atoms with Crippen molar-refractivity contribution in [1.29, 1.82) is 0 Å². The van der Waals surface area contributed by atoms with Crippen molar-refractivity contribution in [3.8, 4) is 0 Å². The highest BCUT2D eigenvalue weighted by Crippen LogP contribution is 2.44. The van der Waals surface area contributed by atoms with Crippen molar-refractivity contribution in [3.05, 3.63) is 215 Å². The number of rotatable bonds is 14. The van der Waals surface area contributed by atoms with E-state index < -0.39 is 48.1 Å². The lowest BCUT2D eigenvalue weighted by Crippen LogP contribution is -2.57. The van der Waals surface area contributed by atoms with Crippen LogP contribution >= 0.6 is 0 Å². The predicted octanol–water partition coefficient (Wildman–Crippen LogP) is 5.83. The van der Waals surface area contributed by atoms with E-state index in [4.69, 9.17) is 4.74 Å². The minimum atomic E-state index is -1.96. The molecular formula is C44H42O6. The molecule has 0 fully saturated rings. The van der Waals surface area contributed by atoms with Gasteiger partial charge in [-0.15, -0.1) is 0 Å². The second kappa shape index (κ2) is 15.7. The van der Waals surface area contributed by atoms with Crippen LogP contribution in [0.25, 0.3) is 0 Å². The Morgan fingerprint density at radius 1 is 0.360 bits per heavy atom. The standard InChI is InChI=1S/C44H42O6/c45-38(31-50-44(35-25-13-4-14-26-35,36-27-15-5-16-28-36)37-29-17-6-18-30-37)39(46)40(47)41(48)42(49)43(32-19-7-1-8-20-32,33-21-9-2-10-22-33)34-23-11-3-12-24-34/h1-30,38-42,45-49H,31H2/t38-,39-,40+,41+,42?/m1/s1. The molecule has 0 heterocycles. The van der Waals surface area contributed by atoms with Gasteiger partial charge in [-0.1, -0.05) is 182 Å². The molecule has 1 unspecified atom stereocenters. The summed E-state index contributed by atoms with van der Waals surface area (Å²) in [5.74, 6) is 0. The third-order valence-corrected chi connectivity index (χ3v) is 9.56. The second-order valence-corrected chi connectivity index (χ2v) is 12.5. The molecule has 0 aliphatic rings. The molecule has 0 amide bonds. The van der Waals surface area contributed by atoms with E-state index in [1.807, 2.05) is 182 Å². The highest BCUT2D eigenvalue weighted by Gasteiger charge is 2.49. The average molecular weight is 667 g/mol. The van der Waals surface area contributed by atoms with Crippen molar-refractivity contribution in [2.75, 3.05) is 6.61 Å². The molecular weight excluding hydrogens is 624 g/mol. The molecule has 0 aromatic heterocycles. The molecule has 0 aliphatic heterocycles. The van der Waals surface area contributed by atoms with Crippen LogP contribution in [-0.4, -0.2) is 62.7 Å². The predicted molar refractivity (Wildman–Crippen MR) is 194 cm³/mol. The van der Waals surface area contributed by atoms with Crippen molar-refractivity contribution in [3.63, 3.8) is 0 Å². The van der Waals surface area contributed by atoms with Gasteiger partial charge in [0, 0.05) is 0 Å². The maximum atomic E-state index is 12.3. The summed E-state index contributed by atoms with van der Waals surface area (Å²) in [5, 5.41) is 58.5. The van der Waals surface area contributed by atoms with E-state index in [2.05, 4.69) is 0 Å². The van der Waals surface area contributed by atoms with E-state index in [-0.39, 0.29) is 0 Å². The summed E-state index contributed by atoms with van der Waals surface area (Å²) in [7, 11) is 0. The first-order chi connectivity index (χ1) is 24.4. The molecule has 0 bridgehead atoms. The molecule has 6 heteroatoms. The minimum absolute atomic E-state index is 0.416. The third kappa shape index (κ3) is 6.65. The van der Waals surface area contributed by atoms with Crippen molar-refractivity contribution < 1.29 is 30.3 Å². The van der Waals surface area contributed by atoms with Crippen LogP contribution in [0.15, 0.2) is 182 Å². The van der Waals surface area contributed by atoms with Crippen molar-refractivity contribution in [2.24, 2.45) is 0 Å². The Morgan fingerprint density at radius 2 is 0.640 bits per heavy atom. The van der Waals surface area contributed by atoms with Gasteiger partial charge in [0.2, 0.25) is 0 Å². The molecule has 6 rings (SSSR count). The molecule has 5 atom stereocenters. The fraction of sp³-hybridized carbons (Fsp3) is 0.182. The monoisotopic (exact) mass is 666 g/mol. The Kier molecular flexibility index (Phi) is 11.0. The van der Waals surface area contributed by atoms with Gasteiger partial charge in [-0.05, 0) is 33.4 Å². The molecule has 5 N–H and O–H groups in total. The van der Waals surface area contributed by atoms with Crippen molar-refractivity contribution in [2.45, 2.75) is 41.5 Å². The first-order valence-corrected chi connectivity index (χ1v) is 16.8. The van der Waals surface area contributed by atoms with E-state index in [0.717, 1.165) is 16.7 Å². The molecule has 50 heavy (non-hydrogen) atoms. The number of ether oxygens (including phenoxy) is 1. The lowest BCUT2D eigenvalue weighted by atomic mass is 9.64. The van der Waals surface area contributed by atoms with Gasteiger partial charge in [-0.3, -0.25) is 0 Å². The molecule has 0 saturated heterocycles. The number of aliphatic hydroxyl groups excluding tert-OH is 5. The van der Waals surface area contributed by atoms with E-state index in [1.165, 1.54) is 0 Å². The molecule has 0 spiro atoms. The fourth-order valence-corrected chi connectivity index (χ4v) is 7.07. The Labute approximate surface area is 293 Å². The minimum Gasteiger partial charge on any atom is -0.389 e. The van der Waals surface area contributed by atoms with Gasteiger partial charge in [-0.25, -0.2) is 0 Å². The first kappa shape index (κ1) is 34.9. The maximum absolute atomic E-state index is 12.3. The van der Waals surface area contributed by atoms with Crippen LogP contribution in [-0.2, 0) is 15.8 Å². The summed E-state index contributed by atoms with van der Waals surface area (Å²) in [6, 6.07) is 56.6. The molecule has 0 aliphatic carbocycles. The van der Waals surface area contributed by atoms with Gasteiger partial charge >= 0.3 is 0 Å². The SMILES string of the molecule is OC([C@@H](O)[C@@H](O)[C@H](O)[C@H](O)COC(c1ccccc1)(c1ccccc1)c1ccccc1)C(c1ccccc1)(c1ccccc1)c1ccccc1. The average Bonchev–Trinajstić information content (AvgIpc) is 3.20. The van der Waals surface area contributed by atoms with Gasteiger partial charge in [0.25, 0.3) is 0 Å². The van der Waals surface area contributed by atoms with Gasteiger partial charge in [0.05, 0.1) is 12.0 Å². The quantitative estimate of drug-likeness (QED) is 0.0936. The van der Waals surface area contributed by atoms with Crippen LogP contribution < -0.4 is 0 Å². The third-order valence-electron chi connectivity index (χ3n) is 9.56. The smallest absolute Gasteiger partial charge is 0.143 e. The molecule has 6 nitrogen and oxygen atoms in total. The van der Waals surface area contributed by atoms with E-state index in [9.17, 15) is 25.5 Å². The van der Waals surface area contributed by atoms with Gasteiger partial charge in [-0.2, -0.15) is 0 Å². The highest BCUT2D eigenvalue weighted by atomic mass is 16.5. The normalized spacial score (nSPS) is 15.1. The molecule has 0 radical (unpaired) electrons. The summed E-state index contributed by atoms with van der Waals surface area (Å²) in [6.07, 6.45) is -9.06. The lowest BCUT2D eigenvalue weighted by Gasteiger charge is -2.43. The first-order valence-electron chi connectivity index (χ1n) is 16.8. The summed E-state index contributed by atoms with van der Waals surface area (Å²) < 4.78 is 6.67. The number of aliphatic hydroxyl groups is 5. The Hall–Kier alpha value is -4.92. The van der Waals surface area contributed by atoms with E-state index in [0.29, 0.717) is 16.7 Å². The molecule has 6 aromatic carbocycles. The van der Waals surface area contributed by atoms with Crippen LogP contribution in [0.4, 0.5) is 0 Å². The van der Waals surface area contributed by atoms with E-state index >= 15 is 0 Å². The second-order valence-electron chi connectivity index (χ2n) is 12.5. The fourth-order valence-electron chi connectivity index (χ4n) is 7.07. The van der Waals surface area contributed by atoms with Gasteiger partial charge in [0.1, 0.15) is 36.1 Å². The zero-order valence-electron chi connectivity index (χ0n) is 27.6. The van der Waals surface area contributed by atoms with Crippen LogP contribution in [0.1, 0.15) is 33.4 Å². The Balaban J connectivity index is 1.34. The van der Waals surface area contributed by atoms with Crippen LogP contribution in [0.3, 0.4) is 0 Å². The van der Waals surface area contributed by atoms with Crippen molar-refractivity contribution >= 4 is 0 Å². The zero-order chi connectivity index (χ0) is 35.0. The van der Waals surface area contributed by atoms with Gasteiger partial charge in [0.15, 0.2) is 0 Å². The highest BCUT2D eigenvalue weighted by molar-refractivity contribution is 5.52. The molecule has 254 valence electrons. The number of benzene rings is 6. The van der Waals surface area contributed by atoms with E-state index in [1.54, 1.807) is 0 Å². The number of hydrogen-bond donors (Lipinski definition) is 5. The summed E-state index contributed by atoms with van der Waals surface area (Å²) >= 11 is 0. The molecule has 6 aromatic rings. The topological polar surface area (TPSA) is 110 Å². The Bertz CT molecular complexity index is 1680. The molecule has 0 saturated carbocycles. The lowest BCUT2D eigenvalue weighted by molar-refractivity contribution is -0.157. The van der Waals surface area contributed by atoms with Crippen molar-refractivity contribution in [1.82, 2.24) is 0 Å². The van der Waals surface area contributed by atoms with Crippen LogP contribution in [0.5, 0.6) is 0 Å². The van der Waals surface area contributed by atoms with Gasteiger partial charge < -0.3 is 30.3 Å². The van der Waals surface area contributed by atoms with Crippen LogP contribution in [0, 0.1) is 0 Å². The Morgan fingerprint density at radius 3 is 0.940 bits per heavy atom.